The molecule has 11 heteroatoms. The van der Waals surface area contributed by atoms with E-state index in [2.05, 4.69) is 20.4 Å². The van der Waals surface area contributed by atoms with Crippen molar-refractivity contribution in [2.75, 3.05) is 26.0 Å². The molecule has 10 nitrogen and oxygen atoms in total. The molecule has 2 atom stereocenters. The Morgan fingerprint density at radius 1 is 1.24 bits per heavy atom. The summed E-state index contributed by atoms with van der Waals surface area (Å²) in [5, 5.41) is 9.71. The molecular weight excluding hydrogens is 441 g/mol. The molecule has 2 aromatic heterocycles. The van der Waals surface area contributed by atoms with E-state index in [9.17, 15) is 9.50 Å². The summed E-state index contributed by atoms with van der Waals surface area (Å²) in [4.78, 5) is 23.4. The van der Waals surface area contributed by atoms with E-state index in [1.807, 2.05) is 0 Å². The van der Waals surface area contributed by atoms with Gasteiger partial charge in [0.05, 0.1) is 41.9 Å². The van der Waals surface area contributed by atoms with Crippen LogP contribution >= 0.6 is 0 Å². The van der Waals surface area contributed by atoms with Gasteiger partial charge in [-0.3, -0.25) is 9.83 Å². The first-order valence-electron chi connectivity index (χ1n) is 10.7. The van der Waals surface area contributed by atoms with Crippen LogP contribution in [0.5, 0.6) is 5.88 Å². The SMILES string of the molecule is COc1cccc(-c2cc(F)ccc2[C@H]2Cc3nc(N)nc(C)c3C(NOC[C@@H](O)CN)=N2)n1. The number of amidine groups is 1. The number of aliphatic hydroxyl groups excluding tert-OH is 1. The number of ether oxygens (including phenoxy) is 1. The van der Waals surface area contributed by atoms with Crippen molar-refractivity contribution in [2.45, 2.75) is 25.5 Å². The Labute approximate surface area is 195 Å². The van der Waals surface area contributed by atoms with Crippen molar-refractivity contribution in [3.63, 3.8) is 0 Å². The maximum Gasteiger partial charge on any atom is 0.220 e. The normalized spacial score (nSPS) is 15.9. The summed E-state index contributed by atoms with van der Waals surface area (Å²) >= 11 is 0. The molecule has 0 bridgehead atoms. The fraction of sp³-hybridized carbons (Fsp3) is 0.304. The van der Waals surface area contributed by atoms with Gasteiger partial charge in [-0.1, -0.05) is 12.1 Å². The van der Waals surface area contributed by atoms with Crippen LogP contribution in [0, 0.1) is 12.7 Å². The minimum atomic E-state index is -0.835. The van der Waals surface area contributed by atoms with Gasteiger partial charge in [0, 0.05) is 24.6 Å². The van der Waals surface area contributed by atoms with Gasteiger partial charge in [-0.15, -0.1) is 0 Å². The number of nitrogens with two attached hydrogens (primary N) is 2. The fourth-order valence-electron chi connectivity index (χ4n) is 3.81. The number of halogens is 1. The predicted octanol–water partition coefficient (Wildman–Crippen LogP) is 1.46. The van der Waals surface area contributed by atoms with Crippen molar-refractivity contribution >= 4 is 11.8 Å². The number of methoxy groups -OCH3 is 1. The van der Waals surface area contributed by atoms with E-state index in [1.165, 1.54) is 19.2 Å². The molecule has 6 N–H and O–H groups in total. The van der Waals surface area contributed by atoms with Crippen LogP contribution in [-0.2, 0) is 11.3 Å². The van der Waals surface area contributed by atoms with Crippen LogP contribution in [0.15, 0.2) is 41.4 Å². The monoisotopic (exact) mass is 467 g/mol. The number of aliphatic imine (C=N–C) groups is 1. The third kappa shape index (κ3) is 4.96. The number of fused-ring (bicyclic) bond motifs is 1. The molecule has 0 spiro atoms. The molecule has 178 valence electrons. The minimum Gasteiger partial charge on any atom is -0.481 e. The summed E-state index contributed by atoms with van der Waals surface area (Å²) in [5.74, 6) is 0.533. The quantitative estimate of drug-likeness (QED) is 0.378. The molecular formula is C23H26FN7O3. The first kappa shape index (κ1) is 23.5. The first-order chi connectivity index (χ1) is 16.4. The zero-order valence-corrected chi connectivity index (χ0v) is 18.8. The van der Waals surface area contributed by atoms with E-state index in [4.69, 9.17) is 26.0 Å². The number of hydroxylamine groups is 1. The van der Waals surface area contributed by atoms with Crippen LogP contribution in [0.25, 0.3) is 11.3 Å². The van der Waals surface area contributed by atoms with Crippen LogP contribution in [0.2, 0.25) is 0 Å². The van der Waals surface area contributed by atoms with Crippen molar-refractivity contribution in [2.24, 2.45) is 10.7 Å². The van der Waals surface area contributed by atoms with Gasteiger partial charge in [-0.25, -0.2) is 24.8 Å². The molecule has 1 aromatic carbocycles. The zero-order valence-electron chi connectivity index (χ0n) is 18.8. The molecule has 3 aromatic rings. The predicted molar refractivity (Wildman–Crippen MR) is 124 cm³/mol. The van der Waals surface area contributed by atoms with Crippen LogP contribution in [0.1, 0.15) is 28.6 Å². The number of aromatic nitrogens is 3. The molecule has 0 aliphatic carbocycles. The maximum atomic E-state index is 14.3. The molecule has 4 rings (SSSR count). The highest BCUT2D eigenvalue weighted by Gasteiger charge is 2.28. The summed E-state index contributed by atoms with van der Waals surface area (Å²) in [6, 6.07) is 9.32. The molecule has 0 saturated heterocycles. The lowest BCUT2D eigenvalue weighted by Gasteiger charge is -2.26. The Kier molecular flexibility index (Phi) is 6.96. The summed E-state index contributed by atoms with van der Waals surface area (Å²) < 4.78 is 19.5. The van der Waals surface area contributed by atoms with E-state index in [-0.39, 0.29) is 19.1 Å². The van der Waals surface area contributed by atoms with Crippen LogP contribution in [0.4, 0.5) is 10.3 Å². The van der Waals surface area contributed by atoms with Gasteiger partial charge in [0.1, 0.15) is 12.4 Å². The molecule has 34 heavy (non-hydrogen) atoms. The van der Waals surface area contributed by atoms with Crippen molar-refractivity contribution in [1.82, 2.24) is 20.4 Å². The van der Waals surface area contributed by atoms with E-state index in [1.54, 1.807) is 31.2 Å². The molecule has 1 aliphatic rings. The van der Waals surface area contributed by atoms with Crippen molar-refractivity contribution < 1.29 is 19.1 Å². The molecule has 0 fully saturated rings. The van der Waals surface area contributed by atoms with E-state index < -0.39 is 18.0 Å². The van der Waals surface area contributed by atoms with E-state index >= 15 is 0 Å². The molecule has 0 saturated carbocycles. The largest absolute Gasteiger partial charge is 0.481 e. The number of nitrogens with one attached hydrogen (secondary N) is 1. The summed E-state index contributed by atoms with van der Waals surface area (Å²) in [7, 11) is 1.52. The number of benzene rings is 1. The Balaban J connectivity index is 1.77. The number of aliphatic hydroxyl groups is 1. The zero-order chi connectivity index (χ0) is 24.2. The number of anilines is 1. The van der Waals surface area contributed by atoms with Gasteiger partial charge in [0.15, 0.2) is 5.84 Å². The third-order valence-corrected chi connectivity index (χ3v) is 5.39. The van der Waals surface area contributed by atoms with E-state index in [0.717, 1.165) is 5.56 Å². The van der Waals surface area contributed by atoms with Crippen LogP contribution in [-0.4, -0.2) is 52.3 Å². The number of nitrogens with zero attached hydrogens (tertiary/aromatic N) is 4. The minimum absolute atomic E-state index is 0.0417. The van der Waals surface area contributed by atoms with E-state index in [0.29, 0.717) is 46.3 Å². The molecule has 0 radical (unpaired) electrons. The average molecular weight is 468 g/mol. The number of hydrogen-bond donors (Lipinski definition) is 4. The second-order valence-electron chi connectivity index (χ2n) is 7.79. The Bertz CT molecular complexity index is 1220. The fourth-order valence-corrected chi connectivity index (χ4v) is 3.81. The lowest BCUT2D eigenvalue weighted by Crippen LogP contribution is -2.35. The number of nitrogen functional groups attached to an aromatic ring is 1. The van der Waals surface area contributed by atoms with Gasteiger partial charge in [0.25, 0.3) is 0 Å². The molecule has 1 aliphatic heterocycles. The Hall–Kier alpha value is -3.67. The lowest BCUT2D eigenvalue weighted by molar-refractivity contribution is 0.0114. The van der Waals surface area contributed by atoms with Gasteiger partial charge in [-0.2, -0.15) is 0 Å². The van der Waals surface area contributed by atoms with Gasteiger partial charge < -0.3 is 21.3 Å². The Morgan fingerprint density at radius 3 is 2.82 bits per heavy atom. The van der Waals surface area contributed by atoms with Crippen LogP contribution in [0.3, 0.4) is 0 Å². The maximum absolute atomic E-state index is 14.3. The second kappa shape index (κ2) is 10.1. The number of pyridine rings is 1. The smallest absolute Gasteiger partial charge is 0.220 e. The third-order valence-electron chi connectivity index (χ3n) is 5.39. The Morgan fingerprint density at radius 2 is 2.06 bits per heavy atom. The topological polar surface area (TPSA) is 154 Å². The number of rotatable bonds is 7. The molecule has 0 unspecified atom stereocenters. The van der Waals surface area contributed by atoms with Crippen LogP contribution < -0.4 is 21.7 Å². The summed E-state index contributed by atoms with van der Waals surface area (Å²) in [6.07, 6.45) is -0.430. The van der Waals surface area contributed by atoms with Crippen molar-refractivity contribution in [3.05, 3.63) is 64.7 Å². The highest BCUT2D eigenvalue weighted by molar-refractivity contribution is 6.01. The second-order valence-corrected chi connectivity index (χ2v) is 7.79. The van der Waals surface area contributed by atoms with Gasteiger partial charge in [0.2, 0.25) is 11.8 Å². The lowest BCUT2D eigenvalue weighted by atomic mass is 9.91. The van der Waals surface area contributed by atoms with Crippen molar-refractivity contribution in [3.8, 4) is 17.1 Å². The highest BCUT2D eigenvalue weighted by atomic mass is 19.1. The average Bonchev–Trinajstić information content (AvgIpc) is 2.83. The number of hydrogen-bond acceptors (Lipinski definition) is 10. The number of aryl methyl sites for hydroxylation is 1. The van der Waals surface area contributed by atoms with Gasteiger partial charge >= 0.3 is 0 Å². The first-order valence-corrected chi connectivity index (χ1v) is 10.7. The molecule has 0 amide bonds. The van der Waals surface area contributed by atoms with Gasteiger partial charge in [-0.05, 0) is 30.7 Å². The molecule has 3 heterocycles. The summed E-state index contributed by atoms with van der Waals surface area (Å²) in [6.45, 7) is 1.81. The summed E-state index contributed by atoms with van der Waals surface area (Å²) in [5.41, 5.74) is 18.0. The van der Waals surface area contributed by atoms with Crippen molar-refractivity contribution in [1.29, 1.82) is 0 Å². The standard InChI is InChI=1S/C23H26FN7O3/c1-12-21-19(30-23(26)27-12)9-18(29-22(21)31-34-11-14(32)10-25)15-7-6-13(24)8-16(15)17-4-3-5-20(28-17)33-2/h3-8,14,18,32H,9-11,25H2,1-2H3,(H,29,31)(H2,26,27,30)/t14-,18+/m0/s1. The highest BCUT2D eigenvalue weighted by Crippen LogP contribution is 2.36.